The van der Waals surface area contributed by atoms with Gasteiger partial charge in [0.1, 0.15) is 5.75 Å². The highest BCUT2D eigenvalue weighted by Crippen LogP contribution is 2.30. The Hall–Kier alpha value is -1.30. The molecule has 0 aromatic heterocycles. The number of para-hydroxylation sites is 1. The summed E-state index contributed by atoms with van der Waals surface area (Å²) >= 11 is 0. The number of methoxy groups -OCH3 is 1. The molecule has 6 heteroatoms. The summed E-state index contributed by atoms with van der Waals surface area (Å²) in [6.45, 7) is 9.21. The van der Waals surface area contributed by atoms with Crippen LogP contribution in [0.4, 0.5) is 0 Å². The molecule has 2 atom stereocenters. The molecule has 0 saturated carbocycles. The van der Waals surface area contributed by atoms with Gasteiger partial charge in [0.2, 0.25) is 5.91 Å². The average Bonchev–Trinajstić information content (AvgIpc) is 2.61. The standard InChI is InChI=1S/C20H32N2O3.ClH/c1-15(2)13-16(3)25-12-9-20(23)22-11-10-21-14-18(22)17-7-5-6-8-19(17)24-4;/h5-8,15-16,18,21H,9-14H2,1-4H3;1H. The highest BCUT2D eigenvalue weighted by Gasteiger charge is 2.29. The summed E-state index contributed by atoms with van der Waals surface area (Å²) in [7, 11) is 1.67. The van der Waals surface area contributed by atoms with Crippen molar-refractivity contribution in [3.05, 3.63) is 29.8 Å². The molecule has 0 spiro atoms. The molecule has 1 N–H and O–H groups in total. The molecular weight excluding hydrogens is 352 g/mol. The van der Waals surface area contributed by atoms with Crippen molar-refractivity contribution in [1.29, 1.82) is 0 Å². The summed E-state index contributed by atoms with van der Waals surface area (Å²) in [5.74, 6) is 1.58. The van der Waals surface area contributed by atoms with Gasteiger partial charge in [-0.2, -0.15) is 0 Å². The molecule has 0 aliphatic carbocycles. The zero-order valence-electron chi connectivity index (χ0n) is 16.4. The quantitative estimate of drug-likeness (QED) is 0.746. The highest BCUT2D eigenvalue weighted by atomic mass is 35.5. The van der Waals surface area contributed by atoms with Crippen molar-refractivity contribution in [3.8, 4) is 5.75 Å². The van der Waals surface area contributed by atoms with Gasteiger partial charge in [-0.05, 0) is 25.3 Å². The molecule has 148 valence electrons. The van der Waals surface area contributed by atoms with E-state index in [9.17, 15) is 4.79 Å². The summed E-state index contributed by atoms with van der Waals surface area (Å²) in [6, 6.07) is 7.94. The number of carbonyl (C=O) groups excluding carboxylic acids is 1. The molecule has 2 rings (SSSR count). The average molecular weight is 385 g/mol. The first kappa shape index (κ1) is 22.7. The van der Waals surface area contributed by atoms with Crippen LogP contribution in [0, 0.1) is 5.92 Å². The number of halogens is 1. The lowest BCUT2D eigenvalue weighted by atomic mass is 10.0. The van der Waals surface area contributed by atoms with Crippen LogP contribution in [0.3, 0.4) is 0 Å². The van der Waals surface area contributed by atoms with Crippen LogP contribution >= 0.6 is 12.4 Å². The molecular formula is C20H33ClN2O3. The summed E-state index contributed by atoms with van der Waals surface area (Å²) in [5.41, 5.74) is 1.06. The topological polar surface area (TPSA) is 50.8 Å². The molecule has 1 saturated heterocycles. The number of ether oxygens (including phenoxy) is 2. The third-order valence-corrected chi connectivity index (χ3v) is 4.58. The normalized spacial score (nSPS) is 18.3. The van der Waals surface area contributed by atoms with Gasteiger partial charge in [-0.25, -0.2) is 0 Å². The number of rotatable bonds is 8. The van der Waals surface area contributed by atoms with Gasteiger partial charge < -0.3 is 19.7 Å². The maximum Gasteiger partial charge on any atom is 0.225 e. The predicted octanol–water partition coefficient (Wildman–Crippen LogP) is 3.43. The van der Waals surface area contributed by atoms with Crippen LogP contribution in [0.25, 0.3) is 0 Å². The van der Waals surface area contributed by atoms with Crippen LogP contribution in [0.15, 0.2) is 24.3 Å². The van der Waals surface area contributed by atoms with Gasteiger partial charge in [0, 0.05) is 25.2 Å². The SMILES string of the molecule is COc1ccccc1C1CNCCN1C(=O)CCOC(C)CC(C)C.Cl. The van der Waals surface area contributed by atoms with E-state index in [1.165, 1.54) is 0 Å². The zero-order chi connectivity index (χ0) is 18.2. The van der Waals surface area contributed by atoms with E-state index in [0.29, 0.717) is 25.5 Å². The molecule has 5 nitrogen and oxygen atoms in total. The van der Waals surface area contributed by atoms with E-state index in [1.807, 2.05) is 29.2 Å². The summed E-state index contributed by atoms with van der Waals surface area (Å²) < 4.78 is 11.3. The molecule has 2 unspecified atom stereocenters. The minimum absolute atomic E-state index is 0. The fourth-order valence-electron chi connectivity index (χ4n) is 3.45. The van der Waals surface area contributed by atoms with Crippen molar-refractivity contribution in [3.63, 3.8) is 0 Å². The van der Waals surface area contributed by atoms with Crippen molar-refractivity contribution in [2.75, 3.05) is 33.4 Å². The first-order valence-electron chi connectivity index (χ1n) is 9.27. The molecule has 1 aliphatic heterocycles. The van der Waals surface area contributed by atoms with Gasteiger partial charge in [0.15, 0.2) is 0 Å². The number of hydrogen-bond donors (Lipinski definition) is 1. The Morgan fingerprint density at radius 3 is 2.73 bits per heavy atom. The van der Waals surface area contributed by atoms with E-state index in [1.54, 1.807) is 7.11 Å². The van der Waals surface area contributed by atoms with Crippen LogP contribution in [0.1, 0.15) is 45.2 Å². The largest absolute Gasteiger partial charge is 0.496 e. The van der Waals surface area contributed by atoms with Crippen molar-refractivity contribution in [2.24, 2.45) is 5.92 Å². The Bertz CT molecular complexity index is 554. The number of carbonyl (C=O) groups is 1. The third kappa shape index (κ3) is 6.45. The molecule has 1 fully saturated rings. The van der Waals surface area contributed by atoms with E-state index in [-0.39, 0.29) is 30.5 Å². The predicted molar refractivity (Wildman–Crippen MR) is 107 cm³/mol. The van der Waals surface area contributed by atoms with E-state index in [2.05, 4.69) is 26.1 Å². The van der Waals surface area contributed by atoms with E-state index in [0.717, 1.165) is 30.8 Å². The number of nitrogens with one attached hydrogen (secondary N) is 1. The molecule has 1 aromatic carbocycles. The summed E-state index contributed by atoms with van der Waals surface area (Å²) in [5, 5.41) is 3.38. The van der Waals surface area contributed by atoms with Crippen LogP contribution in [-0.2, 0) is 9.53 Å². The maximum absolute atomic E-state index is 12.8. The molecule has 1 aliphatic rings. The van der Waals surface area contributed by atoms with Gasteiger partial charge in [-0.3, -0.25) is 4.79 Å². The van der Waals surface area contributed by atoms with E-state index >= 15 is 0 Å². The van der Waals surface area contributed by atoms with Crippen molar-refractivity contribution in [1.82, 2.24) is 10.2 Å². The lowest BCUT2D eigenvalue weighted by Gasteiger charge is -2.37. The Morgan fingerprint density at radius 2 is 2.04 bits per heavy atom. The second kappa shape index (κ2) is 11.4. The van der Waals surface area contributed by atoms with Crippen LogP contribution in [0.5, 0.6) is 5.75 Å². The minimum Gasteiger partial charge on any atom is -0.496 e. The fourth-order valence-corrected chi connectivity index (χ4v) is 3.45. The Labute approximate surface area is 163 Å². The van der Waals surface area contributed by atoms with Crippen molar-refractivity contribution in [2.45, 2.75) is 45.8 Å². The van der Waals surface area contributed by atoms with Gasteiger partial charge >= 0.3 is 0 Å². The molecule has 1 heterocycles. The Kier molecular flexibility index (Phi) is 9.99. The first-order chi connectivity index (χ1) is 12.0. The van der Waals surface area contributed by atoms with Gasteiger partial charge in [0.05, 0.1) is 32.3 Å². The van der Waals surface area contributed by atoms with Crippen LogP contribution < -0.4 is 10.1 Å². The van der Waals surface area contributed by atoms with Crippen molar-refractivity contribution < 1.29 is 14.3 Å². The molecule has 0 radical (unpaired) electrons. The molecule has 1 amide bonds. The van der Waals surface area contributed by atoms with E-state index in [4.69, 9.17) is 9.47 Å². The maximum atomic E-state index is 12.8. The summed E-state index contributed by atoms with van der Waals surface area (Å²) in [6.07, 6.45) is 1.64. The number of nitrogens with zero attached hydrogens (tertiary/aromatic N) is 1. The zero-order valence-corrected chi connectivity index (χ0v) is 17.2. The lowest BCUT2D eigenvalue weighted by Crippen LogP contribution is -2.49. The Morgan fingerprint density at radius 1 is 1.31 bits per heavy atom. The van der Waals surface area contributed by atoms with Gasteiger partial charge in [-0.15, -0.1) is 12.4 Å². The number of piperazine rings is 1. The summed E-state index contributed by atoms with van der Waals surface area (Å²) in [4.78, 5) is 14.7. The monoisotopic (exact) mass is 384 g/mol. The van der Waals surface area contributed by atoms with Crippen molar-refractivity contribution >= 4 is 18.3 Å². The lowest BCUT2D eigenvalue weighted by molar-refractivity contribution is -0.136. The number of amides is 1. The minimum atomic E-state index is 0. The smallest absolute Gasteiger partial charge is 0.225 e. The second-order valence-corrected chi connectivity index (χ2v) is 7.11. The third-order valence-electron chi connectivity index (χ3n) is 4.58. The second-order valence-electron chi connectivity index (χ2n) is 7.11. The highest BCUT2D eigenvalue weighted by molar-refractivity contribution is 5.85. The van der Waals surface area contributed by atoms with Crippen LogP contribution in [0.2, 0.25) is 0 Å². The Balaban J connectivity index is 0.00000338. The molecule has 0 bridgehead atoms. The number of hydrogen-bond acceptors (Lipinski definition) is 4. The van der Waals surface area contributed by atoms with Crippen LogP contribution in [-0.4, -0.2) is 50.3 Å². The fraction of sp³-hybridized carbons (Fsp3) is 0.650. The molecule has 1 aromatic rings. The number of benzene rings is 1. The van der Waals surface area contributed by atoms with Gasteiger partial charge in [0.25, 0.3) is 0 Å². The molecule has 26 heavy (non-hydrogen) atoms. The first-order valence-corrected chi connectivity index (χ1v) is 9.27. The van der Waals surface area contributed by atoms with E-state index < -0.39 is 0 Å². The van der Waals surface area contributed by atoms with Gasteiger partial charge in [-0.1, -0.05) is 32.0 Å².